The number of aliphatic carboxylic acids is 1. The van der Waals surface area contributed by atoms with Crippen LogP contribution < -0.4 is 5.43 Å². The first-order valence-electron chi connectivity index (χ1n) is 6.68. The van der Waals surface area contributed by atoms with E-state index in [9.17, 15) is 14.7 Å². The number of hydrogen-bond donors (Lipinski definition) is 1. The zero-order chi connectivity index (χ0) is 15.1. The van der Waals surface area contributed by atoms with Crippen LogP contribution in [0.25, 0.3) is 21.9 Å². The van der Waals surface area contributed by atoms with Gasteiger partial charge in [0.25, 0.3) is 0 Å². The third kappa shape index (κ3) is 2.00. The summed E-state index contributed by atoms with van der Waals surface area (Å²) >= 11 is 0. The molecule has 3 aromatic rings. The molecule has 0 spiro atoms. The van der Waals surface area contributed by atoms with Crippen molar-refractivity contribution in [1.82, 2.24) is 0 Å². The Balaban J connectivity index is 2.50. The molecule has 3 rings (SSSR count). The second-order valence-corrected chi connectivity index (χ2v) is 5.17. The molecule has 0 fully saturated rings. The quantitative estimate of drug-likeness (QED) is 0.731. The van der Waals surface area contributed by atoms with Gasteiger partial charge in [0, 0.05) is 5.56 Å². The minimum atomic E-state index is -0.949. The number of carbonyl (C=O) groups is 1. The summed E-state index contributed by atoms with van der Waals surface area (Å²) in [4.78, 5) is 23.8. The van der Waals surface area contributed by atoms with Crippen LogP contribution in [0.3, 0.4) is 0 Å². The predicted octanol–water partition coefficient (Wildman–Crippen LogP) is 3.44. The first-order chi connectivity index (χ1) is 10.0. The summed E-state index contributed by atoms with van der Waals surface area (Å²) in [5.41, 5.74) is 2.11. The molecule has 0 radical (unpaired) electrons. The summed E-state index contributed by atoms with van der Waals surface area (Å²) in [6, 6.07) is 10.4. The van der Waals surface area contributed by atoms with Gasteiger partial charge in [-0.25, -0.2) is 0 Å². The molecule has 1 heterocycles. The molecule has 4 nitrogen and oxygen atoms in total. The van der Waals surface area contributed by atoms with E-state index in [1.165, 1.54) is 0 Å². The number of benzene rings is 2. The van der Waals surface area contributed by atoms with Crippen molar-refractivity contribution < 1.29 is 14.3 Å². The van der Waals surface area contributed by atoms with Crippen LogP contribution in [0.5, 0.6) is 0 Å². The number of rotatable bonds is 2. The lowest BCUT2D eigenvalue weighted by atomic mass is 9.98. The second-order valence-electron chi connectivity index (χ2n) is 5.17. The number of carboxylic acid groups (broad SMARTS) is 1. The summed E-state index contributed by atoms with van der Waals surface area (Å²) in [7, 11) is 0. The first-order valence-corrected chi connectivity index (χ1v) is 6.68. The van der Waals surface area contributed by atoms with Gasteiger partial charge in [0.1, 0.15) is 11.2 Å². The fraction of sp³-hybridized carbons (Fsp3) is 0.176. The highest BCUT2D eigenvalue weighted by Crippen LogP contribution is 2.28. The van der Waals surface area contributed by atoms with Crippen LogP contribution in [-0.2, 0) is 4.79 Å². The lowest BCUT2D eigenvalue weighted by molar-refractivity contribution is -0.138. The van der Waals surface area contributed by atoms with E-state index in [0.29, 0.717) is 27.5 Å². The SMILES string of the molecule is Cc1cccc2c(=O)c3cccc([C@@H](C)C(=O)O)c3oc12. The molecule has 0 aliphatic rings. The Hall–Kier alpha value is -2.62. The zero-order valence-electron chi connectivity index (χ0n) is 11.7. The molecule has 0 bridgehead atoms. The highest BCUT2D eigenvalue weighted by atomic mass is 16.4. The van der Waals surface area contributed by atoms with Gasteiger partial charge in [0.05, 0.1) is 16.7 Å². The van der Waals surface area contributed by atoms with E-state index in [1.54, 1.807) is 31.2 Å². The molecule has 1 aromatic heterocycles. The Morgan fingerprint density at radius 2 is 1.71 bits per heavy atom. The van der Waals surface area contributed by atoms with Crippen molar-refractivity contribution >= 4 is 27.9 Å². The van der Waals surface area contributed by atoms with Gasteiger partial charge >= 0.3 is 5.97 Å². The molecule has 2 aromatic carbocycles. The minimum Gasteiger partial charge on any atom is -0.481 e. The van der Waals surface area contributed by atoms with Gasteiger partial charge in [-0.05, 0) is 31.5 Å². The van der Waals surface area contributed by atoms with E-state index in [4.69, 9.17) is 4.42 Å². The molecule has 4 heteroatoms. The summed E-state index contributed by atoms with van der Waals surface area (Å²) in [6.45, 7) is 3.44. The Morgan fingerprint density at radius 1 is 1.10 bits per heavy atom. The van der Waals surface area contributed by atoms with Gasteiger partial charge in [-0.2, -0.15) is 0 Å². The van der Waals surface area contributed by atoms with Gasteiger partial charge in [0.2, 0.25) is 5.43 Å². The normalized spacial score (nSPS) is 12.7. The van der Waals surface area contributed by atoms with Gasteiger partial charge in [-0.1, -0.05) is 24.3 Å². The highest BCUT2D eigenvalue weighted by Gasteiger charge is 2.20. The number of fused-ring (bicyclic) bond motifs is 2. The van der Waals surface area contributed by atoms with Crippen molar-refractivity contribution in [2.75, 3.05) is 0 Å². The van der Waals surface area contributed by atoms with E-state index >= 15 is 0 Å². The maximum Gasteiger partial charge on any atom is 0.310 e. The third-order valence-electron chi connectivity index (χ3n) is 3.79. The van der Waals surface area contributed by atoms with Gasteiger partial charge in [0.15, 0.2) is 0 Å². The molecular weight excluding hydrogens is 268 g/mol. The van der Waals surface area contributed by atoms with Crippen LogP contribution in [0.15, 0.2) is 45.6 Å². The lowest BCUT2D eigenvalue weighted by Gasteiger charge is -2.11. The fourth-order valence-electron chi connectivity index (χ4n) is 2.54. The predicted molar refractivity (Wildman–Crippen MR) is 80.8 cm³/mol. The molecule has 0 amide bonds. The Kier molecular flexibility index (Phi) is 3.01. The maximum atomic E-state index is 12.6. The largest absolute Gasteiger partial charge is 0.481 e. The summed E-state index contributed by atoms with van der Waals surface area (Å²) in [6.07, 6.45) is 0. The van der Waals surface area contributed by atoms with Gasteiger partial charge < -0.3 is 9.52 Å². The first kappa shape index (κ1) is 13.4. The molecule has 106 valence electrons. The molecule has 1 N–H and O–H groups in total. The Bertz CT molecular complexity index is 921. The average Bonchev–Trinajstić information content (AvgIpc) is 2.47. The third-order valence-corrected chi connectivity index (χ3v) is 3.79. The van der Waals surface area contributed by atoms with Crippen LogP contribution in [0, 0.1) is 6.92 Å². The summed E-state index contributed by atoms with van der Waals surface area (Å²) in [5, 5.41) is 10.1. The molecule has 0 aliphatic heterocycles. The molecule has 0 unspecified atom stereocenters. The molecule has 0 saturated carbocycles. The standard InChI is InChI=1S/C17H14O4/c1-9-5-3-7-12-14(18)13-8-4-6-11(10(2)17(19)20)16(13)21-15(9)12/h3-8,10H,1-2H3,(H,19,20)/t10-/m1/s1. The summed E-state index contributed by atoms with van der Waals surface area (Å²) in [5.74, 6) is -1.69. The molecule has 21 heavy (non-hydrogen) atoms. The second kappa shape index (κ2) is 4.74. The Morgan fingerprint density at radius 3 is 2.38 bits per heavy atom. The van der Waals surface area contributed by atoms with Crippen LogP contribution in [0.1, 0.15) is 24.0 Å². The zero-order valence-corrected chi connectivity index (χ0v) is 11.7. The van der Waals surface area contributed by atoms with Crippen LogP contribution >= 0.6 is 0 Å². The maximum absolute atomic E-state index is 12.6. The highest BCUT2D eigenvalue weighted by molar-refractivity contribution is 5.94. The lowest BCUT2D eigenvalue weighted by Crippen LogP contribution is -2.10. The van der Waals surface area contributed by atoms with Crippen molar-refractivity contribution in [3.8, 4) is 0 Å². The monoisotopic (exact) mass is 282 g/mol. The molecule has 0 saturated heterocycles. The average molecular weight is 282 g/mol. The van der Waals surface area contributed by atoms with Gasteiger partial charge in [-0.15, -0.1) is 0 Å². The molecule has 1 atom stereocenters. The van der Waals surface area contributed by atoms with Crippen LogP contribution in [0.2, 0.25) is 0 Å². The van der Waals surface area contributed by atoms with Gasteiger partial charge in [-0.3, -0.25) is 9.59 Å². The van der Waals surface area contributed by atoms with E-state index in [-0.39, 0.29) is 5.43 Å². The number of carboxylic acids is 1. The number of aryl methyl sites for hydroxylation is 1. The van der Waals surface area contributed by atoms with Crippen molar-refractivity contribution in [3.05, 3.63) is 57.7 Å². The smallest absolute Gasteiger partial charge is 0.310 e. The molecular formula is C17H14O4. The summed E-state index contributed by atoms with van der Waals surface area (Å²) < 4.78 is 5.90. The van der Waals surface area contributed by atoms with Crippen molar-refractivity contribution in [2.45, 2.75) is 19.8 Å². The fourth-order valence-corrected chi connectivity index (χ4v) is 2.54. The number of hydrogen-bond acceptors (Lipinski definition) is 3. The van der Waals surface area contributed by atoms with E-state index in [2.05, 4.69) is 0 Å². The topological polar surface area (TPSA) is 67.5 Å². The van der Waals surface area contributed by atoms with Crippen molar-refractivity contribution in [2.24, 2.45) is 0 Å². The van der Waals surface area contributed by atoms with Crippen LogP contribution in [0.4, 0.5) is 0 Å². The molecule has 0 aliphatic carbocycles. The van der Waals surface area contributed by atoms with Crippen molar-refractivity contribution in [1.29, 1.82) is 0 Å². The Labute approximate surface area is 120 Å². The number of para-hydroxylation sites is 2. The van der Waals surface area contributed by atoms with E-state index in [1.807, 2.05) is 19.1 Å². The van der Waals surface area contributed by atoms with E-state index in [0.717, 1.165) is 5.56 Å². The van der Waals surface area contributed by atoms with Crippen LogP contribution in [-0.4, -0.2) is 11.1 Å². The van der Waals surface area contributed by atoms with Crippen molar-refractivity contribution in [3.63, 3.8) is 0 Å². The van der Waals surface area contributed by atoms with E-state index < -0.39 is 11.9 Å². The minimum absolute atomic E-state index is 0.130.